The topological polar surface area (TPSA) is 25.2 Å². The van der Waals surface area contributed by atoms with Crippen LogP contribution in [0, 0.1) is 5.92 Å². The van der Waals surface area contributed by atoms with Crippen LogP contribution in [0.2, 0.25) is 0 Å². The Kier molecular flexibility index (Phi) is 5.26. The second-order valence-electron chi connectivity index (χ2n) is 3.52. The minimum Gasteiger partial charge on any atom is -0.453 e. The van der Waals surface area contributed by atoms with Gasteiger partial charge in [-0.15, -0.1) is 0 Å². The molecule has 1 aromatic rings. The van der Waals surface area contributed by atoms with E-state index in [-0.39, 0.29) is 0 Å². The van der Waals surface area contributed by atoms with Gasteiger partial charge in [-0.2, -0.15) is 0 Å². The van der Waals surface area contributed by atoms with E-state index in [0.29, 0.717) is 0 Å². The average Bonchev–Trinajstić information content (AvgIpc) is 2.59. The first-order valence-electron chi connectivity index (χ1n) is 5.21. The predicted molar refractivity (Wildman–Crippen MR) is 62.2 cm³/mol. The zero-order valence-corrected chi connectivity index (χ0v) is 10.4. The maximum Gasteiger partial charge on any atom is 0.169 e. The van der Waals surface area contributed by atoms with Crippen LogP contribution in [0.4, 0.5) is 0 Å². The van der Waals surface area contributed by atoms with Gasteiger partial charge in [0.25, 0.3) is 0 Å². The number of hydrogen-bond donors (Lipinski definition) is 1. The molecular weight excluding hydrogens is 242 g/mol. The summed E-state index contributed by atoms with van der Waals surface area (Å²) in [4.78, 5) is 0. The predicted octanol–water partition coefficient (Wildman–Crippen LogP) is 3.57. The lowest BCUT2D eigenvalue weighted by Gasteiger charge is -2.12. The van der Waals surface area contributed by atoms with E-state index in [1.165, 1.54) is 12.8 Å². The number of rotatable bonds is 6. The minimum atomic E-state index is 0.786. The molecule has 1 N–H and O–H groups in total. The van der Waals surface area contributed by atoms with E-state index in [1.54, 1.807) is 0 Å². The van der Waals surface area contributed by atoms with Gasteiger partial charge in [0.15, 0.2) is 4.67 Å². The van der Waals surface area contributed by atoms with Crippen LogP contribution >= 0.6 is 15.9 Å². The molecule has 0 unspecified atom stereocenters. The van der Waals surface area contributed by atoms with Gasteiger partial charge < -0.3 is 9.73 Å². The van der Waals surface area contributed by atoms with E-state index < -0.39 is 0 Å². The molecule has 0 atom stereocenters. The van der Waals surface area contributed by atoms with Crippen LogP contribution in [0.1, 0.15) is 32.4 Å². The summed E-state index contributed by atoms with van der Waals surface area (Å²) in [5, 5.41) is 3.40. The smallest absolute Gasteiger partial charge is 0.169 e. The number of nitrogens with one attached hydrogen (secondary N) is 1. The third-order valence-electron chi connectivity index (χ3n) is 2.52. The number of furan rings is 1. The summed E-state index contributed by atoms with van der Waals surface area (Å²) in [6.07, 6.45) is 2.48. The van der Waals surface area contributed by atoms with E-state index in [1.807, 2.05) is 12.1 Å². The molecule has 14 heavy (non-hydrogen) atoms. The Morgan fingerprint density at radius 3 is 2.57 bits per heavy atom. The van der Waals surface area contributed by atoms with Crippen molar-refractivity contribution in [3.63, 3.8) is 0 Å². The van der Waals surface area contributed by atoms with Crippen LogP contribution in [0.15, 0.2) is 21.2 Å². The van der Waals surface area contributed by atoms with Gasteiger partial charge in [-0.1, -0.05) is 26.7 Å². The zero-order valence-electron chi connectivity index (χ0n) is 8.85. The monoisotopic (exact) mass is 259 g/mol. The van der Waals surface area contributed by atoms with Gasteiger partial charge in [0.1, 0.15) is 5.76 Å². The maximum absolute atomic E-state index is 5.39. The summed E-state index contributed by atoms with van der Waals surface area (Å²) >= 11 is 3.29. The fourth-order valence-electron chi connectivity index (χ4n) is 1.42. The number of hydrogen-bond acceptors (Lipinski definition) is 2. The molecule has 80 valence electrons. The second-order valence-corrected chi connectivity index (χ2v) is 4.30. The van der Waals surface area contributed by atoms with Gasteiger partial charge in [-0.25, -0.2) is 0 Å². The Morgan fingerprint density at radius 1 is 1.36 bits per heavy atom. The van der Waals surface area contributed by atoms with Crippen molar-refractivity contribution in [3.05, 3.63) is 22.6 Å². The van der Waals surface area contributed by atoms with Gasteiger partial charge in [0, 0.05) is 0 Å². The average molecular weight is 260 g/mol. The summed E-state index contributed by atoms with van der Waals surface area (Å²) in [5.74, 6) is 1.77. The van der Waals surface area contributed by atoms with E-state index in [4.69, 9.17) is 4.42 Å². The Morgan fingerprint density at radius 2 is 2.07 bits per heavy atom. The first kappa shape index (κ1) is 11.8. The molecule has 3 heteroatoms. The molecule has 0 amide bonds. The molecule has 0 bridgehead atoms. The Labute approximate surface area is 94.2 Å². The molecule has 0 aliphatic carbocycles. The van der Waals surface area contributed by atoms with Crippen molar-refractivity contribution in [2.45, 2.75) is 33.2 Å². The second kappa shape index (κ2) is 6.25. The van der Waals surface area contributed by atoms with Crippen molar-refractivity contribution in [2.75, 3.05) is 6.54 Å². The number of halogens is 1. The van der Waals surface area contributed by atoms with E-state index in [9.17, 15) is 0 Å². The van der Waals surface area contributed by atoms with E-state index >= 15 is 0 Å². The maximum atomic E-state index is 5.39. The van der Waals surface area contributed by atoms with Crippen molar-refractivity contribution < 1.29 is 4.42 Å². The lowest BCUT2D eigenvalue weighted by molar-refractivity contribution is 0.417. The molecule has 1 heterocycles. The summed E-state index contributed by atoms with van der Waals surface area (Å²) in [6, 6.07) is 3.91. The Balaban J connectivity index is 2.21. The highest BCUT2D eigenvalue weighted by molar-refractivity contribution is 9.10. The molecule has 0 aliphatic rings. The van der Waals surface area contributed by atoms with Crippen molar-refractivity contribution >= 4 is 15.9 Å². The third kappa shape index (κ3) is 3.84. The molecule has 1 aromatic heterocycles. The SMILES string of the molecule is CCC(CC)CNCc1ccc(Br)o1. The largest absolute Gasteiger partial charge is 0.453 e. The van der Waals surface area contributed by atoms with E-state index in [0.717, 1.165) is 29.4 Å². The molecule has 0 spiro atoms. The van der Waals surface area contributed by atoms with Crippen molar-refractivity contribution in [1.29, 1.82) is 0 Å². The molecular formula is C11H18BrNO. The quantitative estimate of drug-likeness (QED) is 0.845. The van der Waals surface area contributed by atoms with Crippen LogP contribution < -0.4 is 5.32 Å². The molecule has 0 saturated carbocycles. The molecule has 0 aliphatic heterocycles. The summed E-state index contributed by atoms with van der Waals surface area (Å²) in [7, 11) is 0. The van der Waals surface area contributed by atoms with Crippen LogP contribution in [0.25, 0.3) is 0 Å². The normalized spacial score (nSPS) is 11.1. The van der Waals surface area contributed by atoms with Gasteiger partial charge in [-0.3, -0.25) is 0 Å². The molecule has 0 radical (unpaired) electrons. The first-order valence-corrected chi connectivity index (χ1v) is 6.00. The Hall–Kier alpha value is -0.280. The molecule has 0 saturated heterocycles. The fourth-order valence-corrected chi connectivity index (χ4v) is 1.76. The fraction of sp³-hybridized carbons (Fsp3) is 0.636. The van der Waals surface area contributed by atoms with Crippen LogP contribution in [-0.2, 0) is 6.54 Å². The van der Waals surface area contributed by atoms with Crippen LogP contribution in [0.3, 0.4) is 0 Å². The third-order valence-corrected chi connectivity index (χ3v) is 2.94. The standard InChI is InChI=1S/C11H18BrNO/c1-3-9(4-2)7-13-8-10-5-6-11(12)14-10/h5-6,9,13H,3-4,7-8H2,1-2H3. The van der Waals surface area contributed by atoms with E-state index in [2.05, 4.69) is 35.1 Å². The molecule has 2 nitrogen and oxygen atoms in total. The van der Waals surface area contributed by atoms with Crippen molar-refractivity contribution in [1.82, 2.24) is 5.32 Å². The van der Waals surface area contributed by atoms with Gasteiger partial charge >= 0.3 is 0 Å². The van der Waals surface area contributed by atoms with Crippen LogP contribution in [0.5, 0.6) is 0 Å². The molecule has 1 rings (SSSR count). The van der Waals surface area contributed by atoms with Crippen molar-refractivity contribution in [2.24, 2.45) is 5.92 Å². The molecule has 0 aromatic carbocycles. The first-order chi connectivity index (χ1) is 6.76. The summed E-state index contributed by atoms with van der Waals surface area (Å²) in [6.45, 7) is 6.37. The van der Waals surface area contributed by atoms with Gasteiger partial charge in [0.2, 0.25) is 0 Å². The lowest BCUT2D eigenvalue weighted by Crippen LogP contribution is -2.21. The highest BCUT2D eigenvalue weighted by Crippen LogP contribution is 2.14. The zero-order chi connectivity index (χ0) is 10.4. The highest BCUT2D eigenvalue weighted by atomic mass is 79.9. The van der Waals surface area contributed by atoms with Crippen molar-refractivity contribution in [3.8, 4) is 0 Å². The van der Waals surface area contributed by atoms with Crippen LogP contribution in [-0.4, -0.2) is 6.54 Å². The molecule has 0 fully saturated rings. The van der Waals surface area contributed by atoms with Gasteiger partial charge in [-0.05, 0) is 40.5 Å². The summed E-state index contributed by atoms with van der Waals surface area (Å²) in [5.41, 5.74) is 0. The summed E-state index contributed by atoms with van der Waals surface area (Å²) < 4.78 is 6.19. The lowest BCUT2D eigenvalue weighted by atomic mass is 10.0. The van der Waals surface area contributed by atoms with Gasteiger partial charge in [0.05, 0.1) is 6.54 Å². The highest BCUT2D eigenvalue weighted by Gasteiger charge is 2.03. The minimum absolute atomic E-state index is 0.786. The Bertz CT molecular complexity index is 256.